The van der Waals surface area contributed by atoms with Gasteiger partial charge in [-0.05, 0) is 38.7 Å². The van der Waals surface area contributed by atoms with Crippen molar-refractivity contribution in [2.24, 2.45) is 0 Å². The summed E-state index contributed by atoms with van der Waals surface area (Å²) in [5.41, 5.74) is 1.34. The van der Waals surface area contributed by atoms with E-state index in [4.69, 9.17) is 4.52 Å². The summed E-state index contributed by atoms with van der Waals surface area (Å²) in [6.07, 6.45) is 3.24. The average Bonchev–Trinajstić information content (AvgIpc) is 3.14. The zero-order valence-electron chi connectivity index (χ0n) is 18.2. The van der Waals surface area contributed by atoms with E-state index in [1.165, 1.54) is 4.31 Å². The van der Waals surface area contributed by atoms with Crippen molar-refractivity contribution < 1.29 is 17.7 Å². The summed E-state index contributed by atoms with van der Waals surface area (Å²) >= 11 is 0. The number of carbonyl (C=O) groups is 1. The third-order valence-electron chi connectivity index (χ3n) is 6.22. The number of hydrogen-bond acceptors (Lipinski definition) is 6. The van der Waals surface area contributed by atoms with Gasteiger partial charge in [-0.1, -0.05) is 35.5 Å². The first kappa shape index (κ1) is 22.0. The van der Waals surface area contributed by atoms with E-state index in [2.05, 4.69) is 10.1 Å². The summed E-state index contributed by atoms with van der Waals surface area (Å²) in [6, 6.07) is 9.43. The summed E-state index contributed by atoms with van der Waals surface area (Å²) in [7, 11) is -3.68. The number of rotatable bonds is 5. The molecule has 0 N–H and O–H groups in total. The van der Waals surface area contributed by atoms with Gasteiger partial charge in [0.15, 0.2) is 5.76 Å². The molecular weight excluding hydrogens is 416 g/mol. The van der Waals surface area contributed by atoms with Gasteiger partial charge in [-0.15, -0.1) is 0 Å². The van der Waals surface area contributed by atoms with Gasteiger partial charge < -0.3 is 9.42 Å². The lowest BCUT2D eigenvalue weighted by molar-refractivity contribution is -0.138. The molecule has 168 valence electrons. The zero-order chi connectivity index (χ0) is 22.0. The summed E-state index contributed by atoms with van der Waals surface area (Å²) in [4.78, 5) is 17.7. The third kappa shape index (κ3) is 4.40. The number of piperazine rings is 1. The molecule has 1 aromatic heterocycles. The molecule has 1 atom stereocenters. The van der Waals surface area contributed by atoms with Gasteiger partial charge in [0.25, 0.3) is 0 Å². The molecule has 3 heterocycles. The average molecular weight is 447 g/mol. The molecule has 2 aliphatic heterocycles. The number of piperidine rings is 1. The molecule has 2 aliphatic rings. The maximum Gasteiger partial charge on any atom is 0.248 e. The smallest absolute Gasteiger partial charge is 0.248 e. The first-order valence-electron chi connectivity index (χ1n) is 10.9. The van der Waals surface area contributed by atoms with Gasteiger partial charge in [0.2, 0.25) is 15.9 Å². The molecule has 2 saturated heterocycles. The van der Waals surface area contributed by atoms with Gasteiger partial charge in [0.05, 0.1) is 0 Å². The van der Waals surface area contributed by atoms with Crippen molar-refractivity contribution in [3.63, 3.8) is 0 Å². The van der Waals surface area contributed by atoms with E-state index in [0.717, 1.165) is 37.9 Å². The van der Waals surface area contributed by atoms with Gasteiger partial charge in [-0.2, -0.15) is 4.31 Å². The van der Waals surface area contributed by atoms with Crippen LogP contribution >= 0.6 is 0 Å². The highest BCUT2D eigenvalue weighted by Gasteiger charge is 2.38. The molecule has 2 aromatic rings. The van der Waals surface area contributed by atoms with E-state index in [0.29, 0.717) is 37.6 Å². The van der Waals surface area contributed by atoms with Crippen LogP contribution in [0, 0.1) is 13.8 Å². The minimum absolute atomic E-state index is 0.118. The lowest BCUT2D eigenvalue weighted by Crippen LogP contribution is -2.53. The fraction of sp³-hybridized carbons (Fsp3) is 0.545. The molecule has 2 fully saturated rings. The minimum atomic E-state index is -3.68. The number of carbonyl (C=O) groups excluding carboxylic acids is 1. The molecule has 1 amide bonds. The van der Waals surface area contributed by atoms with Crippen LogP contribution in [0.5, 0.6) is 0 Å². The molecule has 4 rings (SSSR count). The highest BCUT2D eigenvalue weighted by molar-refractivity contribution is 7.89. The number of aromatic nitrogens is 1. The largest absolute Gasteiger partial charge is 0.360 e. The molecule has 0 saturated carbocycles. The summed E-state index contributed by atoms with van der Waals surface area (Å²) in [6.45, 7) is 6.47. The fourth-order valence-corrected chi connectivity index (χ4v) is 6.32. The Morgan fingerprint density at radius 1 is 0.968 bits per heavy atom. The van der Waals surface area contributed by atoms with Crippen molar-refractivity contribution in [3.05, 3.63) is 47.3 Å². The number of hydrogen-bond donors (Lipinski definition) is 0. The van der Waals surface area contributed by atoms with E-state index in [9.17, 15) is 13.2 Å². The van der Waals surface area contributed by atoms with Gasteiger partial charge >= 0.3 is 0 Å². The van der Waals surface area contributed by atoms with Gasteiger partial charge in [-0.3, -0.25) is 9.69 Å². The molecule has 0 unspecified atom stereocenters. The Bertz CT molecular complexity index is 988. The number of nitrogens with zero attached hydrogens (tertiary/aromatic N) is 4. The molecular formula is C22H30N4O4S. The summed E-state index contributed by atoms with van der Waals surface area (Å²) < 4.78 is 32.8. The van der Waals surface area contributed by atoms with Crippen molar-refractivity contribution in [3.8, 4) is 0 Å². The van der Waals surface area contributed by atoms with Gasteiger partial charge in [0, 0.05) is 39.3 Å². The Morgan fingerprint density at radius 2 is 1.61 bits per heavy atom. The summed E-state index contributed by atoms with van der Waals surface area (Å²) in [5, 5.41) is 3.79. The quantitative estimate of drug-likeness (QED) is 0.701. The van der Waals surface area contributed by atoms with Gasteiger partial charge in [0.1, 0.15) is 16.6 Å². The van der Waals surface area contributed by atoms with Crippen LogP contribution in [0.1, 0.15) is 42.3 Å². The lowest BCUT2D eigenvalue weighted by Gasteiger charge is -2.40. The van der Waals surface area contributed by atoms with Crippen LogP contribution in [0.15, 0.2) is 39.8 Å². The zero-order valence-corrected chi connectivity index (χ0v) is 19.0. The number of benzene rings is 1. The molecule has 0 spiro atoms. The standard InChI is InChI=1S/C22H30N4O4S/c1-17-21(18(2)30-23-17)31(28,29)26-15-13-24(14-16-26)20(19-9-5-3-6-10-19)22(27)25-11-7-4-8-12-25/h3,5-6,9-10,20H,4,7-8,11-16H2,1-2H3/t20-/m1/s1. The lowest BCUT2D eigenvalue weighted by atomic mass is 10.0. The van der Waals surface area contributed by atoms with Crippen molar-refractivity contribution >= 4 is 15.9 Å². The Hall–Kier alpha value is -2.23. The Morgan fingerprint density at radius 3 is 2.19 bits per heavy atom. The van der Waals surface area contributed by atoms with Crippen LogP contribution in [0.2, 0.25) is 0 Å². The Kier molecular flexibility index (Phi) is 6.45. The van der Waals surface area contributed by atoms with Crippen molar-refractivity contribution in [1.82, 2.24) is 19.3 Å². The number of amides is 1. The third-order valence-corrected chi connectivity index (χ3v) is 8.36. The van der Waals surface area contributed by atoms with Crippen molar-refractivity contribution in [2.75, 3.05) is 39.3 Å². The maximum atomic E-state index is 13.5. The van der Waals surface area contributed by atoms with Crippen LogP contribution in [0.4, 0.5) is 0 Å². The van der Waals surface area contributed by atoms with Crippen LogP contribution < -0.4 is 0 Å². The molecule has 0 bridgehead atoms. The fourth-order valence-electron chi connectivity index (χ4n) is 4.61. The highest BCUT2D eigenvalue weighted by Crippen LogP contribution is 2.29. The van der Waals surface area contributed by atoms with E-state index >= 15 is 0 Å². The maximum absolute atomic E-state index is 13.5. The van der Waals surface area contributed by atoms with Crippen LogP contribution in [0.3, 0.4) is 0 Å². The predicted molar refractivity (Wildman–Crippen MR) is 116 cm³/mol. The number of sulfonamides is 1. The highest BCUT2D eigenvalue weighted by atomic mass is 32.2. The van der Waals surface area contributed by atoms with Crippen LogP contribution in [-0.2, 0) is 14.8 Å². The topological polar surface area (TPSA) is 87.0 Å². The second-order valence-electron chi connectivity index (χ2n) is 8.29. The molecule has 1 aromatic carbocycles. The predicted octanol–water partition coefficient (Wildman–Crippen LogP) is 2.35. The number of aryl methyl sites for hydroxylation is 2. The van der Waals surface area contributed by atoms with Crippen LogP contribution in [-0.4, -0.2) is 72.9 Å². The molecule has 0 radical (unpaired) electrons. The molecule has 8 nitrogen and oxygen atoms in total. The first-order chi connectivity index (χ1) is 14.9. The monoisotopic (exact) mass is 446 g/mol. The second kappa shape index (κ2) is 9.10. The molecule has 31 heavy (non-hydrogen) atoms. The Balaban J connectivity index is 1.53. The van der Waals surface area contributed by atoms with E-state index in [1.807, 2.05) is 35.2 Å². The normalized spacial score (nSPS) is 20.0. The molecule has 9 heteroatoms. The SMILES string of the molecule is Cc1noc(C)c1S(=O)(=O)N1CCN([C@@H](C(=O)N2CCCCC2)c2ccccc2)CC1. The van der Waals surface area contributed by atoms with Crippen molar-refractivity contribution in [2.45, 2.75) is 44.0 Å². The number of likely N-dealkylation sites (tertiary alicyclic amines) is 1. The Labute approximate surface area is 183 Å². The first-order valence-corrected chi connectivity index (χ1v) is 12.3. The molecule has 0 aliphatic carbocycles. The second-order valence-corrected chi connectivity index (χ2v) is 10.2. The summed E-state index contributed by atoms with van der Waals surface area (Å²) in [5.74, 6) is 0.426. The van der Waals surface area contributed by atoms with Crippen LogP contribution in [0.25, 0.3) is 0 Å². The van der Waals surface area contributed by atoms with E-state index in [-0.39, 0.29) is 16.8 Å². The van der Waals surface area contributed by atoms with E-state index in [1.54, 1.807) is 13.8 Å². The van der Waals surface area contributed by atoms with Crippen molar-refractivity contribution in [1.29, 1.82) is 0 Å². The van der Waals surface area contributed by atoms with Gasteiger partial charge in [-0.25, -0.2) is 8.42 Å². The minimum Gasteiger partial charge on any atom is -0.360 e. The van der Waals surface area contributed by atoms with E-state index < -0.39 is 10.0 Å².